The molecule has 0 spiro atoms. The molecule has 0 bridgehead atoms. The molecule has 2 N–H and O–H groups in total. The molecule has 4 aromatic carbocycles. The van der Waals surface area contributed by atoms with Gasteiger partial charge in [0.05, 0.1) is 10.9 Å². The topological polar surface area (TPSA) is 95.6 Å². The third kappa shape index (κ3) is 6.84. The number of nitrogens with one attached hydrogen (secondary N) is 2. The molecular weight excluding hydrogens is 621 g/mol. The number of amides is 4. The van der Waals surface area contributed by atoms with E-state index in [1.807, 2.05) is 0 Å². The Bertz CT molecular complexity index is 1700. The van der Waals surface area contributed by atoms with Crippen LogP contribution in [0.5, 0.6) is 0 Å². The van der Waals surface area contributed by atoms with Crippen LogP contribution in [0.3, 0.4) is 0 Å². The van der Waals surface area contributed by atoms with E-state index in [1.165, 1.54) is 40.9 Å². The van der Waals surface area contributed by atoms with E-state index in [0.717, 1.165) is 4.47 Å². The third-order valence-corrected chi connectivity index (χ3v) is 8.00. The Kier molecular flexibility index (Phi) is 8.94. The van der Waals surface area contributed by atoms with E-state index in [1.54, 1.807) is 84.9 Å². The summed E-state index contributed by atoms with van der Waals surface area (Å²) in [5.41, 5.74) is 1.19. The minimum atomic E-state index is -0.668. The second kappa shape index (κ2) is 13.0. The van der Waals surface area contributed by atoms with Crippen LogP contribution in [-0.4, -0.2) is 28.9 Å². The van der Waals surface area contributed by atoms with Gasteiger partial charge in [-0.25, -0.2) is 9.29 Å². The Morgan fingerprint density at radius 1 is 0.905 bits per heavy atom. The van der Waals surface area contributed by atoms with Gasteiger partial charge in [0, 0.05) is 32.6 Å². The molecule has 1 saturated heterocycles. The van der Waals surface area contributed by atoms with Gasteiger partial charge in [-0.05, 0) is 66.7 Å². The zero-order valence-corrected chi connectivity index (χ0v) is 24.3. The Hall–Kier alpha value is -4.54. The summed E-state index contributed by atoms with van der Waals surface area (Å²) in [5.74, 6) is -2.36. The van der Waals surface area contributed by atoms with Gasteiger partial charge in [0.25, 0.3) is 11.8 Å². The molecular formula is C32H23BrFN3O4S. The second-order valence-electron chi connectivity index (χ2n) is 9.24. The quantitative estimate of drug-likeness (QED) is 0.171. The molecule has 1 heterocycles. The highest BCUT2D eigenvalue weighted by Gasteiger charge is 2.40. The molecule has 5 rings (SSSR count). The number of imide groups is 1. The van der Waals surface area contributed by atoms with Crippen LogP contribution in [0.15, 0.2) is 118 Å². The van der Waals surface area contributed by atoms with Gasteiger partial charge >= 0.3 is 0 Å². The molecule has 1 fully saturated rings. The van der Waals surface area contributed by atoms with Crippen molar-refractivity contribution in [3.63, 3.8) is 0 Å². The summed E-state index contributed by atoms with van der Waals surface area (Å²) in [6.07, 6.45) is 1.31. The Morgan fingerprint density at radius 2 is 1.62 bits per heavy atom. The fourth-order valence-corrected chi connectivity index (χ4v) is 5.63. The number of nitrogens with zero attached hydrogens (tertiary/aromatic N) is 1. The summed E-state index contributed by atoms with van der Waals surface area (Å²) in [5, 5.41) is 4.69. The highest BCUT2D eigenvalue weighted by molar-refractivity contribution is 9.10. The van der Waals surface area contributed by atoms with Crippen molar-refractivity contribution in [2.45, 2.75) is 16.6 Å². The number of rotatable bonds is 8. The molecule has 1 aliphatic rings. The third-order valence-electron chi connectivity index (χ3n) is 6.29. The van der Waals surface area contributed by atoms with E-state index in [4.69, 9.17) is 0 Å². The molecule has 0 aliphatic carbocycles. The first-order chi connectivity index (χ1) is 20.3. The predicted molar refractivity (Wildman–Crippen MR) is 164 cm³/mol. The summed E-state index contributed by atoms with van der Waals surface area (Å²) in [6, 6.07) is 28.0. The molecule has 1 aliphatic heterocycles. The number of carbonyl (C=O) groups excluding carboxylic acids is 4. The van der Waals surface area contributed by atoms with Crippen molar-refractivity contribution in [1.29, 1.82) is 0 Å². The Morgan fingerprint density at radius 3 is 2.36 bits per heavy atom. The van der Waals surface area contributed by atoms with Gasteiger partial charge in [-0.3, -0.25) is 19.2 Å². The van der Waals surface area contributed by atoms with Crippen LogP contribution >= 0.6 is 27.7 Å². The van der Waals surface area contributed by atoms with E-state index in [2.05, 4.69) is 26.6 Å². The van der Waals surface area contributed by atoms with Crippen molar-refractivity contribution in [2.75, 3.05) is 10.2 Å². The standard InChI is InChI=1S/C32H23BrFN3O4S/c33-22-13-15-24(16-14-22)37-29(38)19-28(32(37)41)42-25-11-6-10-23(18-25)35-31(40)27(17-21-9-4-5-12-26(21)34)36-30(39)20-7-2-1-3-8-20/h1-18,28H,19H2,(H,35,40)(H,36,39). The maximum absolute atomic E-state index is 14.4. The van der Waals surface area contributed by atoms with Gasteiger partial charge in [-0.1, -0.05) is 58.4 Å². The predicted octanol–water partition coefficient (Wildman–Crippen LogP) is 6.42. The van der Waals surface area contributed by atoms with Gasteiger partial charge in [0.15, 0.2) is 0 Å². The van der Waals surface area contributed by atoms with Crippen LogP contribution in [-0.2, 0) is 14.4 Å². The molecule has 7 nitrogen and oxygen atoms in total. The summed E-state index contributed by atoms with van der Waals surface area (Å²) in [4.78, 5) is 53.8. The molecule has 0 radical (unpaired) electrons. The largest absolute Gasteiger partial charge is 0.321 e. The van der Waals surface area contributed by atoms with E-state index >= 15 is 0 Å². The lowest BCUT2D eigenvalue weighted by atomic mass is 10.1. The number of thioether (sulfide) groups is 1. The van der Waals surface area contributed by atoms with Crippen LogP contribution in [0, 0.1) is 5.82 Å². The van der Waals surface area contributed by atoms with E-state index in [-0.39, 0.29) is 29.5 Å². The first-order valence-electron chi connectivity index (χ1n) is 12.8. The van der Waals surface area contributed by atoms with Gasteiger partial charge in [0.2, 0.25) is 11.8 Å². The maximum Gasteiger partial charge on any atom is 0.272 e. The summed E-state index contributed by atoms with van der Waals surface area (Å²) in [6.45, 7) is 0. The molecule has 42 heavy (non-hydrogen) atoms. The highest BCUT2D eigenvalue weighted by Crippen LogP contribution is 2.35. The van der Waals surface area contributed by atoms with Crippen LogP contribution < -0.4 is 15.5 Å². The zero-order valence-electron chi connectivity index (χ0n) is 21.9. The summed E-state index contributed by atoms with van der Waals surface area (Å²) < 4.78 is 15.2. The van der Waals surface area contributed by atoms with Crippen LogP contribution in [0.25, 0.3) is 6.08 Å². The van der Waals surface area contributed by atoms with E-state index in [0.29, 0.717) is 21.8 Å². The SMILES string of the molecule is O=C(Nc1cccc(SC2CC(=O)N(c3ccc(Br)cc3)C2=O)c1)C(=Cc1ccccc1F)NC(=O)c1ccccc1. The summed E-state index contributed by atoms with van der Waals surface area (Å²) >= 11 is 4.57. The molecule has 0 aromatic heterocycles. The number of halogens is 2. The number of hydrogen-bond donors (Lipinski definition) is 2. The Labute approximate surface area is 253 Å². The van der Waals surface area contributed by atoms with E-state index in [9.17, 15) is 23.6 Å². The van der Waals surface area contributed by atoms with Crippen LogP contribution in [0.1, 0.15) is 22.3 Å². The fraction of sp³-hybridized carbons (Fsp3) is 0.0625. The molecule has 1 unspecified atom stereocenters. The van der Waals surface area contributed by atoms with Crippen LogP contribution in [0.4, 0.5) is 15.8 Å². The number of carbonyl (C=O) groups is 4. The lowest BCUT2D eigenvalue weighted by Crippen LogP contribution is -2.31. The lowest BCUT2D eigenvalue weighted by Gasteiger charge is -2.15. The monoisotopic (exact) mass is 643 g/mol. The maximum atomic E-state index is 14.4. The minimum absolute atomic E-state index is 0.0389. The average molecular weight is 645 g/mol. The smallest absolute Gasteiger partial charge is 0.272 e. The molecule has 0 saturated carbocycles. The van der Waals surface area contributed by atoms with E-state index < -0.39 is 22.9 Å². The molecule has 10 heteroatoms. The molecule has 4 amide bonds. The number of benzene rings is 4. The van der Waals surface area contributed by atoms with Gasteiger partial charge < -0.3 is 10.6 Å². The second-order valence-corrected chi connectivity index (χ2v) is 11.4. The first kappa shape index (κ1) is 29.0. The van der Waals surface area contributed by atoms with Crippen molar-refractivity contribution in [3.8, 4) is 0 Å². The molecule has 1 atom stereocenters. The van der Waals surface area contributed by atoms with Gasteiger partial charge in [-0.2, -0.15) is 0 Å². The van der Waals surface area contributed by atoms with Crippen molar-refractivity contribution in [2.24, 2.45) is 0 Å². The molecule has 210 valence electrons. The average Bonchev–Trinajstić information content (AvgIpc) is 3.26. The minimum Gasteiger partial charge on any atom is -0.321 e. The fourth-order valence-electron chi connectivity index (χ4n) is 4.26. The van der Waals surface area contributed by atoms with Crippen molar-refractivity contribution >= 4 is 68.8 Å². The van der Waals surface area contributed by atoms with Gasteiger partial charge in [0.1, 0.15) is 11.5 Å². The van der Waals surface area contributed by atoms with Crippen molar-refractivity contribution in [3.05, 3.63) is 130 Å². The lowest BCUT2D eigenvalue weighted by molar-refractivity contribution is -0.121. The zero-order chi connectivity index (χ0) is 29.6. The Balaban J connectivity index is 1.33. The van der Waals surface area contributed by atoms with Crippen molar-refractivity contribution < 1.29 is 23.6 Å². The van der Waals surface area contributed by atoms with Gasteiger partial charge in [-0.15, -0.1) is 11.8 Å². The highest BCUT2D eigenvalue weighted by atomic mass is 79.9. The summed E-state index contributed by atoms with van der Waals surface area (Å²) in [7, 11) is 0. The number of hydrogen-bond acceptors (Lipinski definition) is 5. The number of anilines is 2. The first-order valence-corrected chi connectivity index (χ1v) is 14.5. The molecule has 4 aromatic rings. The normalized spacial score (nSPS) is 15.0. The van der Waals surface area contributed by atoms with Crippen molar-refractivity contribution in [1.82, 2.24) is 5.32 Å². The van der Waals surface area contributed by atoms with Crippen LogP contribution in [0.2, 0.25) is 0 Å².